The smallest absolute Gasteiger partial charge is 0.244 e. The molecule has 1 saturated heterocycles. The molecule has 0 bridgehead atoms. The Morgan fingerprint density at radius 3 is 3.11 bits per heavy atom. The van der Waals surface area contributed by atoms with Crippen molar-refractivity contribution >= 4 is 33.1 Å². The monoisotopic (exact) mass is 275 g/mol. The molecule has 1 unspecified atom stereocenters. The van der Waals surface area contributed by atoms with Crippen LogP contribution >= 0.6 is 11.3 Å². The average molecular weight is 275 g/mol. The van der Waals surface area contributed by atoms with Crippen LogP contribution in [0, 0.1) is 6.92 Å². The van der Waals surface area contributed by atoms with Gasteiger partial charge in [0.1, 0.15) is 0 Å². The van der Waals surface area contributed by atoms with Gasteiger partial charge in [0.15, 0.2) is 0 Å². The van der Waals surface area contributed by atoms with E-state index >= 15 is 0 Å². The van der Waals surface area contributed by atoms with E-state index in [0.717, 1.165) is 40.3 Å². The topological polar surface area (TPSA) is 54.0 Å². The summed E-state index contributed by atoms with van der Waals surface area (Å²) < 4.78 is 1.11. The Morgan fingerprint density at radius 1 is 1.53 bits per heavy atom. The first-order chi connectivity index (χ1) is 9.07. The molecule has 1 aromatic heterocycles. The van der Waals surface area contributed by atoms with E-state index in [-0.39, 0.29) is 5.91 Å². The second-order valence-corrected chi connectivity index (χ2v) is 6.47. The molecule has 0 radical (unpaired) electrons. The Morgan fingerprint density at radius 2 is 2.37 bits per heavy atom. The molecule has 1 atom stereocenters. The van der Waals surface area contributed by atoms with Crippen molar-refractivity contribution in [2.24, 2.45) is 0 Å². The molecule has 0 spiro atoms. The number of carbonyl (C=O) groups is 1. The van der Waals surface area contributed by atoms with E-state index in [1.165, 1.54) is 0 Å². The molecule has 1 aromatic carbocycles. The number of nitrogens with zero attached hydrogens (tertiary/aromatic N) is 1. The molecular formula is C14H17N3OS. The molecule has 19 heavy (non-hydrogen) atoms. The van der Waals surface area contributed by atoms with E-state index < -0.39 is 5.54 Å². The third-order valence-corrected chi connectivity index (χ3v) is 4.56. The lowest BCUT2D eigenvalue weighted by atomic mass is 9.99. The van der Waals surface area contributed by atoms with Gasteiger partial charge in [-0.3, -0.25) is 4.79 Å². The predicted octanol–water partition coefficient (Wildman–Crippen LogP) is 2.69. The predicted molar refractivity (Wildman–Crippen MR) is 78.6 cm³/mol. The van der Waals surface area contributed by atoms with Crippen LogP contribution in [0.25, 0.3) is 10.2 Å². The molecule has 2 N–H and O–H groups in total. The lowest BCUT2D eigenvalue weighted by Crippen LogP contribution is -2.47. The highest BCUT2D eigenvalue weighted by atomic mass is 32.1. The standard InChI is InChI=1S/C14H17N3OS/c1-9-16-11-5-4-10(8-12(11)19-9)17-13(18)14(2)6-3-7-15-14/h4-5,8,15H,3,6-7H2,1-2H3,(H,17,18). The minimum absolute atomic E-state index is 0.0468. The summed E-state index contributed by atoms with van der Waals surface area (Å²) in [7, 11) is 0. The molecule has 2 heterocycles. The van der Waals surface area contributed by atoms with Crippen LogP contribution in [0.3, 0.4) is 0 Å². The molecule has 4 nitrogen and oxygen atoms in total. The molecular weight excluding hydrogens is 258 g/mol. The molecule has 0 aliphatic carbocycles. The molecule has 1 aliphatic rings. The fourth-order valence-corrected chi connectivity index (χ4v) is 3.34. The number of thiazole rings is 1. The SMILES string of the molecule is Cc1nc2ccc(NC(=O)C3(C)CCCN3)cc2s1. The second kappa shape index (κ2) is 4.58. The maximum absolute atomic E-state index is 12.3. The van der Waals surface area contributed by atoms with E-state index in [1.807, 2.05) is 32.0 Å². The van der Waals surface area contributed by atoms with Crippen molar-refractivity contribution in [1.29, 1.82) is 0 Å². The number of aromatic nitrogens is 1. The average Bonchev–Trinajstić information content (AvgIpc) is 2.95. The quantitative estimate of drug-likeness (QED) is 0.886. The minimum atomic E-state index is -0.432. The van der Waals surface area contributed by atoms with E-state index in [9.17, 15) is 4.79 Å². The van der Waals surface area contributed by atoms with Crippen LogP contribution in [0.5, 0.6) is 0 Å². The van der Waals surface area contributed by atoms with E-state index in [4.69, 9.17) is 0 Å². The van der Waals surface area contributed by atoms with Gasteiger partial charge in [0, 0.05) is 5.69 Å². The lowest BCUT2D eigenvalue weighted by Gasteiger charge is -2.23. The fraction of sp³-hybridized carbons (Fsp3) is 0.429. The van der Waals surface area contributed by atoms with Crippen LogP contribution in [0.1, 0.15) is 24.8 Å². The number of amides is 1. The van der Waals surface area contributed by atoms with Crippen LogP contribution < -0.4 is 10.6 Å². The van der Waals surface area contributed by atoms with E-state index in [0.29, 0.717) is 0 Å². The van der Waals surface area contributed by atoms with Crippen molar-refractivity contribution in [3.05, 3.63) is 23.2 Å². The van der Waals surface area contributed by atoms with Gasteiger partial charge < -0.3 is 10.6 Å². The van der Waals surface area contributed by atoms with Crippen molar-refractivity contribution in [1.82, 2.24) is 10.3 Å². The summed E-state index contributed by atoms with van der Waals surface area (Å²) in [6, 6.07) is 5.87. The number of aryl methyl sites for hydroxylation is 1. The Balaban J connectivity index is 1.82. The molecule has 1 fully saturated rings. The van der Waals surface area contributed by atoms with Gasteiger partial charge in [0.25, 0.3) is 0 Å². The number of anilines is 1. The molecule has 100 valence electrons. The molecule has 1 amide bonds. The fourth-order valence-electron chi connectivity index (χ4n) is 2.48. The summed E-state index contributed by atoms with van der Waals surface area (Å²) in [5.74, 6) is 0.0468. The van der Waals surface area contributed by atoms with Crippen molar-refractivity contribution < 1.29 is 4.79 Å². The van der Waals surface area contributed by atoms with Gasteiger partial charge in [-0.1, -0.05) is 0 Å². The number of benzene rings is 1. The zero-order valence-electron chi connectivity index (χ0n) is 11.1. The second-order valence-electron chi connectivity index (χ2n) is 5.23. The molecule has 3 rings (SSSR count). The van der Waals surface area contributed by atoms with Crippen molar-refractivity contribution in [3.8, 4) is 0 Å². The Bertz CT molecular complexity index is 629. The first-order valence-electron chi connectivity index (χ1n) is 6.50. The summed E-state index contributed by atoms with van der Waals surface area (Å²) in [6.45, 7) is 4.87. The Kier molecular flexibility index (Phi) is 3.03. The summed E-state index contributed by atoms with van der Waals surface area (Å²) in [4.78, 5) is 16.7. The number of hydrogen-bond donors (Lipinski definition) is 2. The Hall–Kier alpha value is -1.46. The lowest BCUT2D eigenvalue weighted by molar-refractivity contribution is -0.121. The first-order valence-corrected chi connectivity index (χ1v) is 7.32. The van der Waals surface area contributed by atoms with Crippen LogP contribution in [0.4, 0.5) is 5.69 Å². The van der Waals surface area contributed by atoms with Crippen LogP contribution in [0.15, 0.2) is 18.2 Å². The molecule has 1 aliphatic heterocycles. The van der Waals surface area contributed by atoms with Gasteiger partial charge in [-0.05, 0) is 51.4 Å². The third kappa shape index (κ3) is 2.35. The minimum Gasteiger partial charge on any atom is -0.324 e. The van der Waals surface area contributed by atoms with Gasteiger partial charge >= 0.3 is 0 Å². The highest BCUT2D eigenvalue weighted by molar-refractivity contribution is 7.18. The van der Waals surface area contributed by atoms with Crippen molar-refractivity contribution in [3.63, 3.8) is 0 Å². The van der Waals surface area contributed by atoms with Gasteiger partial charge in [-0.2, -0.15) is 0 Å². The van der Waals surface area contributed by atoms with Gasteiger partial charge in [-0.15, -0.1) is 11.3 Å². The van der Waals surface area contributed by atoms with Gasteiger partial charge in [0.2, 0.25) is 5.91 Å². The number of hydrogen-bond acceptors (Lipinski definition) is 4. The maximum atomic E-state index is 12.3. The van der Waals surface area contributed by atoms with Crippen LogP contribution in [-0.2, 0) is 4.79 Å². The van der Waals surface area contributed by atoms with Crippen molar-refractivity contribution in [2.75, 3.05) is 11.9 Å². The van der Waals surface area contributed by atoms with Crippen LogP contribution in [-0.4, -0.2) is 23.0 Å². The number of carbonyl (C=O) groups excluding carboxylic acids is 1. The third-order valence-electron chi connectivity index (χ3n) is 3.62. The van der Waals surface area contributed by atoms with Gasteiger partial charge in [0.05, 0.1) is 20.8 Å². The van der Waals surface area contributed by atoms with Gasteiger partial charge in [-0.25, -0.2) is 4.98 Å². The summed E-state index contributed by atoms with van der Waals surface area (Å²) in [6.07, 6.45) is 1.94. The highest BCUT2D eigenvalue weighted by Gasteiger charge is 2.35. The number of rotatable bonds is 2. The molecule has 0 saturated carbocycles. The largest absolute Gasteiger partial charge is 0.324 e. The van der Waals surface area contributed by atoms with Crippen molar-refractivity contribution in [2.45, 2.75) is 32.2 Å². The summed E-state index contributed by atoms with van der Waals surface area (Å²) in [5.41, 5.74) is 1.40. The summed E-state index contributed by atoms with van der Waals surface area (Å²) in [5, 5.41) is 7.32. The maximum Gasteiger partial charge on any atom is 0.244 e. The summed E-state index contributed by atoms with van der Waals surface area (Å²) >= 11 is 1.65. The van der Waals surface area contributed by atoms with Crippen LogP contribution in [0.2, 0.25) is 0 Å². The molecule has 2 aromatic rings. The zero-order chi connectivity index (χ0) is 13.5. The van der Waals surface area contributed by atoms with E-state index in [1.54, 1.807) is 11.3 Å². The first kappa shape index (κ1) is 12.6. The number of fused-ring (bicyclic) bond motifs is 1. The Labute approximate surface area is 116 Å². The van der Waals surface area contributed by atoms with E-state index in [2.05, 4.69) is 15.6 Å². The highest BCUT2D eigenvalue weighted by Crippen LogP contribution is 2.26. The zero-order valence-corrected chi connectivity index (χ0v) is 11.9. The normalized spacial score (nSPS) is 22.8. The molecule has 5 heteroatoms. The number of nitrogens with one attached hydrogen (secondary N) is 2.